The zero-order valence-corrected chi connectivity index (χ0v) is 19.6. The fourth-order valence-electron chi connectivity index (χ4n) is 3.51. The Labute approximate surface area is 193 Å². The second-order valence-corrected chi connectivity index (χ2v) is 8.16. The van der Waals surface area contributed by atoms with Gasteiger partial charge in [0.1, 0.15) is 11.5 Å². The molecule has 0 amide bonds. The molecule has 1 aromatic heterocycles. The maximum atomic E-state index is 5.83. The van der Waals surface area contributed by atoms with Crippen molar-refractivity contribution in [3.8, 4) is 34.0 Å². The van der Waals surface area contributed by atoms with Gasteiger partial charge in [-0.1, -0.05) is 64.5 Å². The van der Waals surface area contributed by atoms with Crippen LogP contribution in [0.3, 0.4) is 0 Å². The van der Waals surface area contributed by atoms with Crippen molar-refractivity contribution >= 4 is 0 Å². The number of ether oxygens (including phenoxy) is 2. The van der Waals surface area contributed by atoms with Gasteiger partial charge in [0, 0.05) is 23.5 Å². The Bertz CT molecular complexity index is 814. The van der Waals surface area contributed by atoms with Gasteiger partial charge in [-0.3, -0.25) is 0 Å². The van der Waals surface area contributed by atoms with E-state index >= 15 is 0 Å². The molecule has 4 nitrogen and oxygen atoms in total. The van der Waals surface area contributed by atoms with E-state index in [9.17, 15) is 0 Å². The summed E-state index contributed by atoms with van der Waals surface area (Å²) in [5.74, 6) is 2.53. The van der Waals surface area contributed by atoms with Gasteiger partial charge in [-0.25, -0.2) is 9.97 Å². The fraction of sp³-hybridized carbons (Fsp3) is 0.429. The maximum Gasteiger partial charge on any atom is 0.159 e. The fourth-order valence-corrected chi connectivity index (χ4v) is 3.51. The molecule has 0 saturated carbocycles. The lowest BCUT2D eigenvalue weighted by molar-refractivity contribution is 0.305. The normalized spacial score (nSPS) is 10.8. The molecular weight excluding hydrogens is 396 g/mol. The van der Waals surface area contributed by atoms with Crippen molar-refractivity contribution in [1.29, 1.82) is 0 Å². The highest BCUT2D eigenvalue weighted by atomic mass is 16.5. The number of hydrogen-bond acceptors (Lipinski definition) is 4. The van der Waals surface area contributed by atoms with E-state index in [2.05, 4.69) is 35.9 Å². The van der Waals surface area contributed by atoms with E-state index in [0.29, 0.717) is 0 Å². The van der Waals surface area contributed by atoms with Crippen LogP contribution in [0, 0.1) is 0 Å². The highest BCUT2D eigenvalue weighted by Gasteiger charge is 2.05. The van der Waals surface area contributed by atoms with Crippen LogP contribution in [-0.2, 0) is 0 Å². The van der Waals surface area contributed by atoms with Gasteiger partial charge in [0.15, 0.2) is 5.82 Å². The molecule has 32 heavy (non-hydrogen) atoms. The van der Waals surface area contributed by atoms with Crippen LogP contribution in [-0.4, -0.2) is 23.2 Å². The molecule has 1 heterocycles. The summed E-state index contributed by atoms with van der Waals surface area (Å²) in [5.41, 5.74) is 3.07. The first-order valence-corrected chi connectivity index (χ1v) is 12.1. The number of hydrogen-bond donors (Lipinski definition) is 0. The van der Waals surface area contributed by atoms with E-state index in [1.807, 2.05) is 48.8 Å². The minimum absolute atomic E-state index is 0.718. The Morgan fingerprint density at radius 3 is 1.47 bits per heavy atom. The van der Waals surface area contributed by atoms with Crippen LogP contribution in [0.4, 0.5) is 0 Å². The van der Waals surface area contributed by atoms with Gasteiger partial charge in [-0.15, -0.1) is 0 Å². The van der Waals surface area contributed by atoms with Gasteiger partial charge < -0.3 is 9.47 Å². The summed E-state index contributed by atoms with van der Waals surface area (Å²) in [4.78, 5) is 9.14. The largest absolute Gasteiger partial charge is 0.494 e. The van der Waals surface area contributed by atoms with Crippen molar-refractivity contribution in [3.63, 3.8) is 0 Å². The molecule has 0 bridgehead atoms. The monoisotopic (exact) mass is 432 g/mol. The predicted octanol–water partition coefficient (Wildman–Crippen LogP) is 7.73. The molecule has 0 spiro atoms. The second-order valence-electron chi connectivity index (χ2n) is 8.16. The third-order valence-electron chi connectivity index (χ3n) is 5.49. The average Bonchev–Trinajstić information content (AvgIpc) is 2.85. The Morgan fingerprint density at radius 1 is 0.531 bits per heavy atom. The summed E-state index contributed by atoms with van der Waals surface area (Å²) in [6.07, 6.45) is 13.4. The van der Waals surface area contributed by atoms with E-state index in [1.165, 1.54) is 38.5 Å². The van der Waals surface area contributed by atoms with Gasteiger partial charge in [0.2, 0.25) is 0 Å². The zero-order chi connectivity index (χ0) is 22.4. The van der Waals surface area contributed by atoms with E-state index < -0.39 is 0 Å². The average molecular weight is 433 g/mol. The highest BCUT2D eigenvalue weighted by molar-refractivity contribution is 5.64. The lowest BCUT2D eigenvalue weighted by Gasteiger charge is -2.08. The number of unbranched alkanes of at least 4 members (excludes halogenated alkanes) is 6. The number of nitrogens with zero attached hydrogens (tertiary/aromatic N) is 2. The first kappa shape index (κ1) is 23.8. The summed E-state index contributed by atoms with van der Waals surface area (Å²) < 4.78 is 11.7. The quantitative estimate of drug-likeness (QED) is 0.244. The molecule has 2 aromatic carbocycles. The zero-order valence-electron chi connectivity index (χ0n) is 19.6. The molecule has 0 saturated heterocycles. The number of benzene rings is 2. The molecular formula is C28H36N2O2. The van der Waals surface area contributed by atoms with Crippen molar-refractivity contribution in [2.24, 2.45) is 0 Å². The van der Waals surface area contributed by atoms with Crippen molar-refractivity contribution < 1.29 is 9.47 Å². The van der Waals surface area contributed by atoms with E-state index in [4.69, 9.17) is 9.47 Å². The molecule has 0 radical (unpaired) electrons. The molecule has 0 unspecified atom stereocenters. The van der Waals surface area contributed by atoms with Crippen LogP contribution in [0.1, 0.15) is 65.2 Å². The van der Waals surface area contributed by atoms with Gasteiger partial charge in [0.25, 0.3) is 0 Å². The summed E-state index contributed by atoms with van der Waals surface area (Å²) >= 11 is 0. The smallest absolute Gasteiger partial charge is 0.159 e. The second kappa shape index (κ2) is 13.5. The summed E-state index contributed by atoms with van der Waals surface area (Å²) in [6, 6.07) is 16.2. The molecule has 4 heteroatoms. The standard InChI is InChI=1S/C28H36N2O2/c1-3-5-7-9-19-31-26-15-11-23(12-16-26)25-21-29-28(30-22-25)24-13-17-27(18-14-24)32-20-10-8-6-4-2/h11-18,21-22H,3-10,19-20H2,1-2H3. The molecule has 0 aliphatic heterocycles. The minimum Gasteiger partial charge on any atom is -0.494 e. The molecule has 0 aliphatic rings. The van der Waals surface area contributed by atoms with Gasteiger partial charge in [-0.2, -0.15) is 0 Å². The van der Waals surface area contributed by atoms with Crippen LogP contribution in [0.2, 0.25) is 0 Å². The van der Waals surface area contributed by atoms with Crippen molar-refractivity contribution in [3.05, 3.63) is 60.9 Å². The van der Waals surface area contributed by atoms with Gasteiger partial charge in [0.05, 0.1) is 13.2 Å². The lowest BCUT2D eigenvalue weighted by Crippen LogP contribution is -1.97. The van der Waals surface area contributed by atoms with Gasteiger partial charge in [-0.05, 0) is 54.8 Å². The third-order valence-corrected chi connectivity index (χ3v) is 5.49. The third kappa shape index (κ3) is 7.67. The predicted molar refractivity (Wildman–Crippen MR) is 132 cm³/mol. The van der Waals surface area contributed by atoms with Crippen molar-refractivity contribution in [2.45, 2.75) is 65.2 Å². The van der Waals surface area contributed by atoms with Crippen LogP contribution < -0.4 is 9.47 Å². The summed E-state index contributed by atoms with van der Waals surface area (Å²) in [7, 11) is 0. The van der Waals surface area contributed by atoms with Gasteiger partial charge >= 0.3 is 0 Å². The minimum atomic E-state index is 0.718. The molecule has 0 N–H and O–H groups in total. The SMILES string of the molecule is CCCCCCOc1ccc(-c2cnc(-c3ccc(OCCCCCC)cc3)nc2)cc1. The van der Waals surface area contributed by atoms with Crippen LogP contribution >= 0.6 is 0 Å². The van der Waals surface area contributed by atoms with Crippen molar-refractivity contribution in [2.75, 3.05) is 13.2 Å². The van der Waals surface area contributed by atoms with E-state index in [-0.39, 0.29) is 0 Å². The maximum absolute atomic E-state index is 5.83. The lowest BCUT2D eigenvalue weighted by atomic mass is 10.1. The Hall–Kier alpha value is -2.88. The molecule has 0 aliphatic carbocycles. The van der Waals surface area contributed by atoms with Crippen molar-refractivity contribution in [1.82, 2.24) is 9.97 Å². The molecule has 3 rings (SSSR count). The highest BCUT2D eigenvalue weighted by Crippen LogP contribution is 2.24. The first-order chi connectivity index (χ1) is 15.8. The van der Waals surface area contributed by atoms with Crippen LogP contribution in [0.15, 0.2) is 60.9 Å². The number of rotatable bonds is 14. The van der Waals surface area contributed by atoms with Crippen LogP contribution in [0.5, 0.6) is 11.5 Å². The Balaban J connectivity index is 1.51. The molecule has 3 aromatic rings. The first-order valence-electron chi connectivity index (χ1n) is 12.1. The summed E-state index contributed by atoms with van der Waals surface area (Å²) in [5, 5.41) is 0. The molecule has 170 valence electrons. The Morgan fingerprint density at radius 2 is 1.00 bits per heavy atom. The summed E-state index contributed by atoms with van der Waals surface area (Å²) in [6.45, 7) is 5.99. The van der Waals surface area contributed by atoms with E-state index in [0.717, 1.165) is 60.1 Å². The number of aromatic nitrogens is 2. The van der Waals surface area contributed by atoms with E-state index in [1.54, 1.807) is 0 Å². The Kier molecular flexibility index (Phi) is 10.0. The van der Waals surface area contributed by atoms with Crippen LogP contribution in [0.25, 0.3) is 22.5 Å². The topological polar surface area (TPSA) is 44.2 Å². The molecule has 0 atom stereocenters. The molecule has 0 fully saturated rings.